The first-order valence-corrected chi connectivity index (χ1v) is 10.9. The van der Waals surface area contributed by atoms with Gasteiger partial charge in [-0.2, -0.15) is 0 Å². The van der Waals surface area contributed by atoms with E-state index in [0.717, 1.165) is 5.39 Å². The molecule has 0 bridgehead atoms. The van der Waals surface area contributed by atoms with Crippen molar-refractivity contribution in [1.29, 1.82) is 0 Å². The van der Waals surface area contributed by atoms with Gasteiger partial charge in [0.2, 0.25) is 0 Å². The van der Waals surface area contributed by atoms with E-state index in [1.807, 2.05) is 0 Å². The van der Waals surface area contributed by atoms with Gasteiger partial charge in [-0.3, -0.25) is 14.5 Å². The summed E-state index contributed by atoms with van der Waals surface area (Å²) in [6, 6.07) is 17.3. The number of aromatic amines is 1. The molecule has 3 aromatic carbocycles. The summed E-state index contributed by atoms with van der Waals surface area (Å²) < 4.78 is 14.0. The first kappa shape index (κ1) is 22.5. The summed E-state index contributed by atoms with van der Waals surface area (Å²) in [4.78, 5) is 38.7. The number of carbonyl (C=O) groups is 2. The van der Waals surface area contributed by atoms with E-state index in [1.54, 1.807) is 42.5 Å². The lowest BCUT2D eigenvalue weighted by Gasteiger charge is -2.29. The zero-order chi connectivity index (χ0) is 24.7. The van der Waals surface area contributed by atoms with Gasteiger partial charge in [-0.05, 0) is 54.1 Å². The topological polar surface area (TPSA) is 131 Å². The monoisotopic (exact) mass is 488 g/mol. The number of aromatic nitrogens is 3. The van der Waals surface area contributed by atoms with E-state index in [4.69, 9.17) is 23.1 Å². The van der Waals surface area contributed by atoms with Crippen LogP contribution in [-0.4, -0.2) is 26.8 Å². The molecule has 0 aliphatic heterocycles. The number of hydrogen-bond donors (Lipinski definition) is 3. The molecule has 0 fully saturated rings. The molecule has 0 aliphatic rings. The van der Waals surface area contributed by atoms with Crippen molar-refractivity contribution in [2.24, 2.45) is 11.5 Å². The quantitative estimate of drug-likeness (QED) is 0.317. The smallest absolute Gasteiger partial charge is 0.277 e. The van der Waals surface area contributed by atoms with E-state index in [-0.39, 0.29) is 22.6 Å². The third kappa shape index (κ3) is 4.07. The molecule has 35 heavy (non-hydrogen) atoms. The fraction of sp³-hybridized carbons (Fsp3) is 0.0400. The normalized spacial score (nSPS) is 12.1. The molecule has 0 saturated heterocycles. The Labute approximate surface area is 203 Å². The molecule has 0 spiro atoms. The number of hydrogen-bond acceptors (Lipinski definition) is 5. The molecular formula is C25H18ClFN6O2. The van der Waals surface area contributed by atoms with Crippen LogP contribution < -0.4 is 16.4 Å². The molecule has 0 aliphatic carbocycles. The summed E-state index contributed by atoms with van der Waals surface area (Å²) in [5, 5.41) is 1.62. The van der Waals surface area contributed by atoms with Crippen molar-refractivity contribution in [1.82, 2.24) is 15.0 Å². The summed E-state index contributed by atoms with van der Waals surface area (Å²) in [5.74, 6) is -1.58. The van der Waals surface area contributed by atoms with Crippen molar-refractivity contribution in [2.75, 3.05) is 4.90 Å². The third-order valence-electron chi connectivity index (χ3n) is 5.64. The minimum Gasteiger partial charge on any atom is -0.366 e. The fourth-order valence-corrected chi connectivity index (χ4v) is 4.19. The molecule has 2 amide bonds. The van der Waals surface area contributed by atoms with Gasteiger partial charge in [0.05, 0.1) is 11.1 Å². The van der Waals surface area contributed by atoms with E-state index in [1.165, 1.54) is 35.5 Å². The Kier molecular flexibility index (Phi) is 5.64. The van der Waals surface area contributed by atoms with Crippen LogP contribution in [0.15, 0.2) is 73.1 Å². The highest BCUT2D eigenvalue weighted by Gasteiger charge is 2.30. The number of anilines is 1. The number of benzene rings is 3. The van der Waals surface area contributed by atoms with Crippen LogP contribution >= 0.6 is 11.6 Å². The number of amides is 2. The van der Waals surface area contributed by atoms with Crippen LogP contribution in [0, 0.1) is 5.82 Å². The molecule has 10 heteroatoms. The number of rotatable bonds is 5. The number of H-pyrrole nitrogens is 1. The van der Waals surface area contributed by atoms with Gasteiger partial charge in [0, 0.05) is 21.3 Å². The lowest BCUT2D eigenvalue weighted by atomic mass is 10.1. The zero-order valence-electron chi connectivity index (χ0n) is 18.1. The second-order valence-corrected chi connectivity index (χ2v) is 8.29. The summed E-state index contributed by atoms with van der Waals surface area (Å²) in [6.07, 6.45) is 0.0942. The Morgan fingerprint density at radius 2 is 1.83 bits per heavy atom. The summed E-state index contributed by atoms with van der Waals surface area (Å²) in [5.41, 5.74) is 13.7. The molecule has 174 valence electrons. The van der Waals surface area contributed by atoms with Gasteiger partial charge in [0.25, 0.3) is 11.8 Å². The fourth-order valence-electron chi connectivity index (χ4n) is 4.01. The van der Waals surface area contributed by atoms with Crippen LogP contribution in [0.5, 0.6) is 0 Å². The zero-order valence-corrected chi connectivity index (χ0v) is 18.8. The minimum absolute atomic E-state index is 0.136. The molecule has 8 nitrogen and oxygen atoms in total. The number of carbonyl (C=O) groups excluding carboxylic acids is 2. The van der Waals surface area contributed by atoms with Gasteiger partial charge >= 0.3 is 0 Å². The van der Waals surface area contributed by atoms with E-state index in [2.05, 4.69) is 15.0 Å². The van der Waals surface area contributed by atoms with Crippen LogP contribution in [0.3, 0.4) is 0 Å². The van der Waals surface area contributed by atoms with Crippen molar-refractivity contribution < 1.29 is 14.0 Å². The summed E-state index contributed by atoms with van der Waals surface area (Å²) >= 11 is 6.10. The minimum atomic E-state index is -1.12. The van der Waals surface area contributed by atoms with Crippen LogP contribution in [0.25, 0.3) is 21.8 Å². The van der Waals surface area contributed by atoms with Gasteiger partial charge < -0.3 is 16.5 Å². The first-order chi connectivity index (χ1) is 16.8. The van der Waals surface area contributed by atoms with E-state index >= 15 is 0 Å². The molecular weight excluding hydrogens is 471 g/mol. The second-order valence-electron chi connectivity index (χ2n) is 7.85. The van der Waals surface area contributed by atoms with E-state index in [0.29, 0.717) is 21.5 Å². The number of fused-ring (bicyclic) bond motifs is 2. The average Bonchev–Trinajstić information content (AvgIpc) is 3.27. The van der Waals surface area contributed by atoms with Gasteiger partial charge in [-0.25, -0.2) is 14.4 Å². The Hall–Kier alpha value is -4.34. The SMILES string of the molecule is NC(=O)c1cccc2c(N(C(=O)c3cc4cc(Cl)ccc4[nH]3)C(N)c3cccc(F)c3)ncnc12. The van der Waals surface area contributed by atoms with E-state index in [9.17, 15) is 14.0 Å². The Morgan fingerprint density at radius 3 is 2.60 bits per heavy atom. The third-order valence-corrected chi connectivity index (χ3v) is 5.87. The Balaban J connectivity index is 1.72. The highest BCUT2D eigenvalue weighted by atomic mass is 35.5. The van der Waals surface area contributed by atoms with Gasteiger partial charge in [-0.1, -0.05) is 29.8 Å². The van der Waals surface area contributed by atoms with Gasteiger partial charge in [0.1, 0.15) is 29.8 Å². The number of primary amides is 1. The largest absolute Gasteiger partial charge is 0.366 e. The van der Waals surface area contributed by atoms with Gasteiger partial charge in [0.15, 0.2) is 0 Å². The van der Waals surface area contributed by atoms with Crippen molar-refractivity contribution >= 4 is 51.0 Å². The van der Waals surface area contributed by atoms with Crippen molar-refractivity contribution in [3.63, 3.8) is 0 Å². The molecule has 2 heterocycles. The molecule has 5 aromatic rings. The van der Waals surface area contributed by atoms with Crippen molar-refractivity contribution in [3.05, 3.63) is 101 Å². The molecule has 1 atom stereocenters. The predicted molar refractivity (Wildman–Crippen MR) is 132 cm³/mol. The lowest BCUT2D eigenvalue weighted by Crippen LogP contribution is -2.40. The maximum Gasteiger partial charge on any atom is 0.277 e. The maximum atomic E-state index is 14.0. The van der Waals surface area contributed by atoms with Crippen LogP contribution in [0.4, 0.5) is 10.2 Å². The summed E-state index contributed by atoms with van der Waals surface area (Å²) in [6.45, 7) is 0. The van der Waals surface area contributed by atoms with Gasteiger partial charge in [-0.15, -0.1) is 0 Å². The molecule has 2 aromatic heterocycles. The number of nitrogens with two attached hydrogens (primary N) is 2. The molecule has 1 unspecified atom stereocenters. The number of nitrogens with one attached hydrogen (secondary N) is 1. The second kappa shape index (κ2) is 8.79. The first-order valence-electron chi connectivity index (χ1n) is 10.5. The predicted octanol–water partition coefficient (Wildman–Crippen LogP) is 4.31. The molecule has 0 saturated carbocycles. The lowest BCUT2D eigenvalue weighted by molar-refractivity contribution is 0.0970. The summed E-state index contributed by atoms with van der Waals surface area (Å²) in [7, 11) is 0. The Bertz CT molecular complexity index is 1620. The number of halogens is 2. The van der Waals surface area contributed by atoms with E-state index < -0.39 is 23.8 Å². The highest BCUT2D eigenvalue weighted by Crippen LogP contribution is 2.32. The average molecular weight is 489 g/mol. The molecule has 5 N–H and O–H groups in total. The number of nitrogens with zero attached hydrogens (tertiary/aromatic N) is 3. The molecule has 5 rings (SSSR count). The van der Waals surface area contributed by atoms with Crippen molar-refractivity contribution in [2.45, 2.75) is 6.17 Å². The number of para-hydroxylation sites is 1. The Morgan fingerprint density at radius 1 is 1.03 bits per heavy atom. The molecule has 0 radical (unpaired) electrons. The maximum absolute atomic E-state index is 14.0. The van der Waals surface area contributed by atoms with Crippen LogP contribution in [-0.2, 0) is 0 Å². The van der Waals surface area contributed by atoms with Crippen molar-refractivity contribution in [3.8, 4) is 0 Å². The standard InChI is InChI=1S/C25H18ClFN6O2/c26-15-7-8-19-14(9-15)11-20(32-19)25(35)33(22(28)13-3-1-4-16(27)10-13)24-18-6-2-5-17(23(29)34)21(18)30-12-31-24/h1-12,22,32H,28H2,(H2,29,34). The highest BCUT2D eigenvalue weighted by molar-refractivity contribution is 6.31. The van der Waals surface area contributed by atoms with Crippen LogP contribution in [0.2, 0.25) is 5.02 Å². The van der Waals surface area contributed by atoms with Crippen LogP contribution in [0.1, 0.15) is 32.6 Å².